The van der Waals surface area contributed by atoms with E-state index >= 15 is 0 Å². The average molecular weight is 322 g/mol. The molecule has 0 aliphatic heterocycles. The lowest BCUT2D eigenvalue weighted by Gasteiger charge is -2.10. The molecule has 1 fully saturated rings. The van der Waals surface area contributed by atoms with Gasteiger partial charge in [-0.05, 0) is 41.5 Å². The second-order valence-electron chi connectivity index (χ2n) is 4.87. The molecule has 0 nitrogen and oxygen atoms in total. The molecule has 0 spiro atoms. The van der Waals surface area contributed by atoms with Crippen LogP contribution in [0.5, 0.6) is 0 Å². The largest absolute Gasteiger partial charge is 0.0843 e. The molecule has 1 aliphatic carbocycles. The molecule has 0 N–H and O–H groups in total. The molecule has 3 unspecified atom stereocenters. The van der Waals surface area contributed by atoms with Crippen LogP contribution in [0.4, 0.5) is 0 Å². The zero-order valence-corrected chi connectivity index (χ0v) is 12.2. The minimum absolute atomic E-state index is 0.431. The molecule has 0 heterocycles. The van der Waals surface area contributed by atoms with Gasteiger partial charge in [0.1, 0.15) is 0 Å². The van der Waals surface area contributed by atoms with Gasteiger partial charge in [0.15, 0.2) is 0 Å². The van der Waals surface area contributed by atoms with Crippen molar-refractivity contribution in [3.8, 4) is 0 Å². The van der Waals surface area contributed by atoms with Gasteiger partial charge in [-0.2, -0.15) is 0 Å². The molecule has 92 valence electrons. The minimum atomic E-state index is 0.431. The van der Waals surface area contributed by atoms with Gasteiger partial charge < -0.3 is 0 Å². The Morgan fingerprint density at radius 3 is 2.33 bits per heavy atom. The molecule has 3 atom stereocenters. The summed E-state index contributed by atoms with van der Waals surface area (Å²) < 4.78 is 0. The monoisotopic (exact) mass is 320 g/mol. The first-order valence-electron chi connectivity index (χ1n) is 6.20. The van der Waals surface area contributed by atoms with Gasteiger partial charge in [0, 0.05) is 9.85 Å². The van der Waals surface area contributed by atoms with Crippen LogP contribution in [0.3, 0.4) is 0 Å². The Labute approximate surface area is 121 Å². The second-order valence-corrected chi connectivity index (χ2v) is 6.29. The highest BCUT2D eigenvalue weighted by Gasteiger charge is 2.43. The first-order chi connectivity index (χ1) is 8.75. The van der Waals surface area contributed by atoms with Crippen molar-refractivity contribution in [2.45, 2.75) is 17.2 Å². The predicted molar refractivity (Wildman–Crippen MR) is 80.4 cm³/mol. The Kier molecular flexibility index (Phi) is 3.45. The van der Waals surface area contributed by atoms with E-state index in [1.807, 2.05) is 12.1 Å². The molecule has 0 aromatic heterocycles. The van der Waals surface area contributed by atoms with E-state index in [0.717, 1.165) is 5.02 Å². The third-order valence-electron chi connectivity index (χ3n) is 3.63. The maximum atomic E-state index is 5.92. The van der Waals surface area contributed by atoms with Crippen LogP contribution < -0.4 is 0 Å². The highest BCUT2D eigenvalue weighted by molar-refractivity contribution is 9.09. The van der Waals surface area contributed by atoms with Crippen LogP contribution in [-0.2, 0) is 0 Å². The van der Waals surface area contributed by atoms with Gasteiger partial charge in [-0.25, -0.2) is 0 Å². The lowest BCUT2D eigenvalue weighted by atomic mass is 10.0. The highest BCUT2D eigenvalue weighted by Crippen LogP contribution is 2.57. The zero-order chi connectivity index (χ0) is 12.5. The molecule has 2 aromatic rings. The zero-order valence-electron chi connectivity index (χ0n) is 9.89. The summed E-state index contributed by atoms with van der Waals surface area (Å²) in [6.07, 6.45) is 1.27. The van der Waals surface area contributed by atoms with Gasteiger partial charge in [-0.15, -0.1) is 0 Å². The summed E-state index contributed by atoms with van der Waals surface area (Å²) in [6.45, 7) is 0. The Morgan fingerprint density at radius 1 is 1.00 bits per heavy atom. The maximum absolute atomic E-state index is 5.92. The SMILES string of the molecule is Clc1ccc(C(Br)C2CC2c2ccccc2)cc1. The van der Waals surface area contributed by atoms with E-state index < -0.39 is 0 Å². The van der Waals surface area contributed by atoms with E-state index in [-0.39, 0.29) is 0 Å². The van der Waals surface area contributed by atoms with Crippen LogP contribution in [0.2, 0.25) is 5.02 Å². The molecule has 0 saturated heterocycles. The third kappa shape index (κ3) is 2.48. The topological polar surface area (TPSA) is 0 Å². The molecular formula is C16H14BrCl. The highest BCUT2D eigenvalue weighted by atomic mass is 79.9. The van der Waals surface area contributed by atoms with E-state index in [0.29, 0.717) is 16.7 Å². The summed E-state index contributed by atoms with van der Waals surface area (Å²) in [6, 6.07) is 18.9. The van der Waals surface area contributed by atoms with Gasteiger partial charge in [0.05, 0.1) is 0 Å². The summed E-state index contributed by atoms with van der Waals surface area (Å²) in [5.41, 5.74) is 2.78. The fraction of sp³-hybridized carbons (Fsp3) is 0.250. The Balaban J connectivity index is 1.73. The molecular weight excluding hydrogens is 308 g/mol. The molecule has 0 amide bonds. The number of hydrogen-bond acceptors (Lipinski definition) is 0. The molecule has 1 saturated carbocycles. The molecule has 0 radical (unpaired) electrons. The normalized spacial score (nSPS) is 23.7. The fourth-order valence-corrected chi connectivity index (χ4v) is 3.53. The van der Waals surface area contributed by atoms with Crippen molar-refractivity contribution in [1.82, 2.24) is 0 Å². The van der Waals surface area contributed by atoms with Crippen molar-refractivity contribution in [2.75, 3.05) is 0 Å². The second kappa shape index (κ2) is 5.07. The Bertz CT molecular complexity index is 521. The van der Waals surface area contributed by atoms with E-state index in [9.17, 15) is 0 Å². The van der Waals surface area contributed by atoms with Gasteiger partial charge in [-0.3, -0.25) is 0 Å². The minimum Gasteiger partial charge on any atom is -0.0843 e. The Morgan fingerprint density at radius 2 is 1.67 bits per heavy atom. The average Bonchev–Trinajstić information content (AvgIpc) is 3.20. The van der Waals surface area contributed by atoms with Gasteiger partial charge in [0.2, 0.25) is 0 Å². The van der Waals surface area contributed by atoms with E-state index in [1.54, 1.807) is 0 Å². The van der Waals surface area contributed by atoms with Crippen LogP contribution in [-0.4, -0.2) is 0 Å². The first kappa shape index (κ1) is 12.3. The summed E-state index contributed by atoms with van der Waals surface area (Å²) in [5, 5.41) is 0.800. The quantitative estimate of drug-likeness (QED) is 0.647. The Hall–Kier alpha value is -0.790. The number of halogens is 2. The van der Waals surface area contributed by atoms with Gasteiger partial charge in [0.25, 0.3) is 0 Å². The van der Waals surface area contributed by atoms with E-state index in [1.165, 1.54) is 17.5 Å². The number of benzene rings is 2. The molecule has 3 rings (SSSR count). The van der Waals surface area contributed by atoms with Crippen molar-refractivity contribution in [1.29, 1.82) is 0 Å². The summed E-state index contributed by atoms with van der Waals surface area (Å²) in [7, 11) is 0. The lowest BCUT2D eigenvalue weighted by molar-refractivity contribution is 0.786. The van der Waals surface area contributed by atoms with Gasteiger partial charge >= 0.3 is 0 Å². The molecule has 2 aromatic carbocycles. The number of rotatable bonds is 3. The van der Waals surface area contributed by atoms with Crippen molar-refractivity contribution in [3.05, 3.63) is 70.7 Å². The van der Waals surface area contributed by atoms with E-state index in [4.69, 9.17) is 11.6 Å². The fourth-order valence-electron chi connectivity index (χ4n) is 2.52. The van der Waals surface area contributed by atoms with Crippen molar-refractivity contribution in [2.24, 2.45) is 5.92 Å². The van der Waals surface area contributed by atoms with Crippen LogP contribution in [0.1, 0.15) is 28.3 Å². The molecule has 2 heteroatoms. The van der Waals surface area contributed by atoms with Crippen LogP contribution in [0.25, 0.3) is 0 Å². The standard InChI is InChI=1S/C16H14BrCl/c17-16(12-6-8-13(18)9-7-12)15-10-14(15)11-4-2-1-3-5-11/h1-9,14-16H,10H2. The number of hydrogen-bond donors (Lipinski definition) is 0. The number of alkyl halides is 1. The van der Waals surface area contributed by atoms with Crippen molar-refractivity contribution >= 4 is 27.5 Å². The maximum Gasteiger partial charge on any atom is 0.0429 e. The summed E-state index contributed by atoms with van der Waals surface area (Å²) >= 11 is 9.75. The summed E-state index contributed by atoms with van der Waals surface area (Å²) in [5.74, 6) is 1.40. The van der Waals surface area contributed by atoms with Crippen LogP contribution in [0, 0.1) is 5.92 Å². The third-order valence-corrected chi connectivity index (χ3v) is 5.09. The van der Waals surface area contributed by atoms with Crippen LogP contribution >= 0.6 is 27.5 Å². The smallest absolute Gasteiger partial charge is 0.0429 e. The van der Waals surface area contributed by atoms with Crippen molar-refractivity contribution < 1.29 is 0 Å². The molecule has 0 bridgehead atoms. The first-order valence-corrected chi connectivity index (χ1v) is 7.49. The lowest BCUT2D eigenvalue weighted by Crippen LogP contribution is -1.94. The van der Waals surface area contributed by atoms with Gasteiger partial charge in [-0.1, -0.05) is 70.0 Å². The predicted octanol–water partition coefficient (Wildman–Crippen LogP) is 5.58. The van der Waals surface area contributed by atoms with Crippen molar-refractivity contribution in [3.63, 3.8) is 0 Å². The molecule has 1 aliphatic rings. The molecule has 18 heavy (non-hydrogen) atoms. The summed E-state index contributed by atoms with van der Waals surface area (Å²) in [4.78, 5) is 0.431. The van der Waals surface area contributed by atoms with E-state index in [2.05, 4.69) is 58.4 Å². The van der Waals surface area contributed by atoms with Crippen LogP contribution in [0.15, 0.2) is 54.6 Å².